The van der Waals surface area contributed by atoms with Gasteiger partial charge in [0.1, 0.15) is 0 Å². The molecule has 0 spiro atoms. The van der Waals surface area contributed by atoms with Gasteiger partial charge in [0.25, 0.3) is 0 Å². The molecule has 0 amide bonds. The third-order valence-electron chi connectivity index (χ3n) is 4.99. The predicted molar refractivity (Wildman–Crippen MR) is 66.5 cm³/mol. The van der Waals surface area contributed by atoms with Crippen molar-refractivity contribution in [3.05, 3.63) is 0 Å². The molecule has 1 N–H and O–H groups in total. The van der Waals surface area contributed by atoms with Crippen LogP contribution < -0.4 is 5.48 Å². The van der Waals surface area contributed by atoms with E-state index in [-0.39, 0.29) is 5.41 Å². The number of nitrogens with one attached hydrogen (secondary N) is 1. The summed E-state index contributed by atoms with van der Waals surface area (Å²) >= 11 is 0. The van der Waals surface area contributed by atoms with Crippen molar-refractivity contribution in [1.82, 2.24) is 5.48 Å². The Balaban J connectivity index is 1.55. The first-order valence-electron chi connectivity index (χ1n) is 7.22. The molecule has 0 bridgehead atoms. The monoisotopic (exact) mass is 239 g/mol. The van der Waals surface area contributed by atoms with Crippen LogP contribution in [0, 0.1) is 11.3 Å². The van der Waals surface area contributed by atoms with E-state index in [0.717, 1.165) is 6.61 Å². The molecule has 2 aliphatic carbocycles. The standard InChI is InChI=1S/C14H25NO2/c1-14(2)12(11-8-5-9-16-13(11)14)15-17-10-6-3-4-7-10/h10-13,15H,3-9H2,1-2H3. The average molecular weight is 239 g/mol. The highest BCUT2D eigenvalue weighted by Crippen LogP contribution is 2.51. The van der Waals surface area contributed by atoms with Gasteiger partial charge in [-0.25, -0.2) is 0 Å². The summed E-state index contributed by atoms with van der Waals surface area (Å²) in [5.41, 5.74) is 3.60. The molecule has 0 aromatic rings. The van der Waals surface area contributed by atoms with Crippen molar-refractivity contribution >= 4 is 0 Å². The molecule has 1 heterocycles. The zero-order valence-electron chi connectivity index (χ0n) is 11.1. The van der Waals surface area contributed by atoms with Gasteiger partial charge in [-0.05, 0) is 25.7 Å². The van der Waals surface area contributed by atoms with Crippen LogP contribution in [0.2, 0.25) is 0 Å². The Hall–Kier alpha value is -0.120. The average Bonchev–Trinajstić information content (AvgIpc) is 2.82. The minimum Gasteiger partial charge on any atom is -0.377 e. The van der Waals surface area contributed by atoms with Crippen LogP contribution in [0.3, 0.4) is 0 Å². The van der Waals surface area contributed by atoms with E-state index in [9.17, 15) is 0 Å². The number of rotatable bonds is 3. The zero-order valence-corrected chi connectivity index (χ0v) is 11.1. The van der Waals surface area contributed by atoms with Crippen LogP contribution in [-0.2, 0) is 9.57 Å². The maximum atomic E-state index is 5.90. The van der Waals surface area contributed by atoms with Gasteiger partial charge in [-0.2, -0.15) is 5.48 Å². The van der Waals surface area contributed by atoms with Crippen molar-refractivity contribution in [2.45, 2.75) is 70.6 Å². The fourth-order valence-corrected chi connectivity index (χ4v) is 3.94. The van der Waals surface area contributed by atoms with Crippen molar-refractivity contribution in [2.75, 3.05) is 6.61 Å². The summed E-state index contributed by atoms with van der Waals surface area (Å²) in [4.78, 5) is 5.89. The summed E-state index contributed by atoms with van der Waals surface area (Å²) < 4.78 is 5.90. The zero-order chi connectivity index (χ0) is 11.9. The quantitative estimate of drug-likeness (QED) is 0.768. The van der Waals surface area contributed by atoms with Crippen molar-refractivity contribution in [3.8, 4) is 0 Å². The van der Waals surface area contributed by atoms with Crippen LogP contribution in [0.5, 0.6) is 0 Å². The van der Waals surface area contributed by atoms with Crippen LogP contribution in [-0.4, -0.2) is 24.9 Å². The molecule has 0 aromatic carbocycles. The smallest absolute Gasteiger partial charge is 0.0790 e. The van der Waals surface area contributed by atoms with Gasteiger partial charge in [0.05, 0.1) is 12.2 Å². The summed E-state index contributed by atoms with van der Waals surface area (Å²) in [6.45, 7) is 5.55. The van der Waals surface area contributed by atoms with E-state index in [0.29, 0.717) is 24.2 Å². The molecule has 1 aliphatic heterocycles. The predicted octanol–water partition coefficient (Wildman–Crippen LogP) is 2.65. The van der Waals surface area contributed by atoms with E-state index in [4.69, 9.17) is 9.57 Å². The highest BCUT2D eigenvalue weighted by Gasteiger charge is 2.58. The fraction of sp³-hybridized carbons (Fsp3) is 1.00. The largest absolute Gasteiger partial charge is 0.377 e. The van der Waals surface area contributed by atoms with Crippen molar-refractivity contribution in [2.24, 2.45) is 11.3 Å². The van der Waals surface area contributed by atoms with Gasteiger partial charge in [0.2, 0.25) is 0 Å². The molecular formula is C14H25NO2. The Labute approximate surface area is 104 Å². The van der Waals surface area contributed by atoms with E-state index < -0.39 is 0 Å². The Morgan fingerprint density at radius 3 is 2.65 bits per heavy atom. The lowest BCUT2D eigenvalue weighted by atomic mass is 9.55. The van der Waals surface area contributed by atoms with Crippen molar-refractivity contribution < 1.29 is 9.57 Å². The topological polar surface area (TPSA) is 30.5 Å². The Morgan fingerprint density at radius 1 is 1.12 bits per heavy atom. The molecule has 3 heteroatoms. The van der Waals surface area contributed by atoms with E-state index in [2.05, 4.69) is 19.3 Å². The second-order valence-corrected chi connectivity index (χ2v) is 6.54. The molecule has 3 atom stereocenters. The van der Waals surface area contributed by atoms with E-state index in [1.807, 2.05) is 0 Å². The minimum absolute atomic E-state index is 0.226. The summed E-state index contributed by atoms with van der Waals surface area (Å²) in [7, 11) is 0. The second-order valence-electron chi connectivity index (χ2n) is 6.54. The Kier molecular flexibility index (Phi) is 3.18. The third kappa shape index (κ3) is 2.02. The van der Waals surface area contributed by atoms with Crippen molar-refractivity contribution in [3.63, 3.8) is 0 Å². The highest BCUT2D eigenvalue weighted by atomic mass is 16.7. The highest BCUT2D eigenvalue weighted by molar-refractivity contribution is 5.09. The third-order valence-corrected chi connectivity index (χ3v) is 4.99. The van der Waals surface area contributed by atoms with Crippen LogP contribution in [0.15, 0.2) is 0 Å². The molecule has 3 aliphatic rings. The van der Waals surface area contributed by atoms with Gasteiger partial charge in [-0.3, -0.25) is 4.84 Å². The Morgan fingerprint density at radius 2 is 1.88 bits per heavy atom. The molecule has 3 fully saturated rings. The maximum Gasteiger partial charge on any atom is 0.0790 e. The van der Waals surface area contributed by atoms with Gasteiger partial charge in [0.15, 0.2) is 0 Å². The number of hydroxylamine groups is 1. The summed E-state index contributed by atoms with van der Waals surface area (Å²) in [6, 6.07) is 0.480. The number of fused-ring (bicyclic) bond motifs is 1. The van der Waals surface area contributed by atoms with Crippen LogP contribution in [0.4, 0.5) is 0 Å². The molecule has 3 rings (SSSR count). The fourth-order valence-electron chi connectivity index (χ4n) is 3.94. The second kappa shape index (κ2) is 4.52. The van der Waals surface area contributed by atoms with E-state index in [1.54, 1.807) is 0 Å². The van der Waals surface area contributed by atoms with Gasteiger partial charge in [-0.15, -0.1) is 0 Å². The lowest BCUT2D eigenvalue weighted by molar-refractivity contribution is -0.227. The minimum atomic E-state index is 0.226. The normalized spacial score (nSPS) is 40.9. The van der Waals surface area contributed by atoms with Crippen LogP contribution in [0.1, 0.15) is 52.4 Å². The summed E-state index contributed by atoms with van der Waals surface area (Å²) in [6.07, 6.45) is 8.51. The summed E-state index contributed by atoms with van der Waals surface area (Å²) in [5.74, 6) is 0.667. The first-order valence-corrected chi connectivity index (χ1v) is 7.22. The summed E-state index contributed by atoms with van der Waals surface area (Å²) in [5, 5.41) is 0. The molecule has 3 unspecified atom stereocenters. The lowest BCUT2D eigenvalue weighted by Crippen LogP contribution is -2.69. The molecule has 17 heavy (non-hydrogen) atoms. The van der Waals surface area contributed by atoms with E-state index >= 15 is 0 Å². The Bertz CT molecular complexity index is 273. The molecule has 0 aromatic heterocycles. The maximum absolute atomic E-state index is 5.90. The van der Waals surface area contributed by atoms with Gasteiger partial charge >= 0.3 is 0 Å². The van der Waals surface area contributed by atoms with Crippen LogP contribution >= 0.6 is 0 Å². The first-order chi connectivity index (χ1) is 8.19. The first kappa shape index (κ1) is 11.9. The molecule has 98 valence electrons. The number of hydrogen-bond donors (Lipinski definition) is 1. The molecule has 2 saturated carbocycles. The van der Waals surface area contributed by atoms with Gasteiger partial charge in [0, 0.05) is 24.0 Å². The van der Waals surface area contributed by atoms with Gasteiger partial charge < -0.3 is 4.74 Å². The van der Waals surface area contributed by atoms with E-state index in [1.165, 1.54) is 38.5 Å². The van der Waals surface area contributed by atoms with Gasteiger partial charge in [-0.1, -0.05) is 26.7 Å². The molecule has 0 radical (unpaired) electrons. The molecular weight excluding hydrogens is 214 g/mol. The SMILES string of the molecule is CC1(C)C(NOC2CCCC2)C2CCCOC21. The lowest BCUT2D eigenvalue weighted by Gasteiger charge is -2.59. The van der Waals surface area contributed by atoms with Crippen LogP contribution in [0.25, 0.3) is 0 Å². The molecule has 1 saturated heterocycles. The van der Waals surface area contributed by atoms with Crippen molar-refractivity contribution in [1.29, 1.82) is 0 Å². The molecule has 3 nitrogen and oxygen atoms in total. The number of hydrogen-bond acceptors (Lipinski definition) is 3. The number of ether oxygens (including phenoxy) is 1.